The molecule has 3 rings (SSSR count). The molecule has 1 amide bonds. The Morgan fingerprint density at radius 3 is 2.92 bits per heavy atom. The highest BCUT2D eigenvalue weighted by Crippen LogP contribution is 2.25. The topological polar surface area (TPSA) is 51.2 Å². The van der Waals surface area contributed by atoms with Crippen molar-refractivity contribution < 1.29 is 9.53 Å². The van der Waals surface area contributed by atoms with Gasteiger partial charge in [-0.15, -0.1) is 11.3 Å². The minimum Gasteiger partial charge on any atom is -0.496 e. The number of carbonyl (C=O) groups is 1. The number of aryl methyl sites for hydroxylation is 1. The van der Waals surface area contributed by atoms with Crippen molar-refractivity contribution in [2.24, 2.45) is 0 Å². The van der Waals surface area contributed by atoms with Crippen molar-refractivity contribution in [2.45, 2.75) is 19.4 Å². The summed E-state index contributed by atoms with van der Waals surface area (Å²) in [7, 11) is 1.64. The Hall–Kier alpha value is -2.18. The van der Waals surface area contributed by atoms with E-state index in [0.29, 0.717) is 19.4 Å². The van der Waals surface area contributed by atoms with Crippen molar-refractivity contribution in [3.63, 3.8) is 0 Å². The Morgan fingerprint density at radius 2 is 2.15 bits per heavy atom. The largest absolute Gasteiger partial charge is 0.496 e. The van der Waals surface area contributed by atoms with E-state index in [1.54, 1.807) is 24.6 Å². The number of rotatable bonds is 7. The highest BCUT2D eigenvalue weighted by atomic mass is 79.9. The first-order chi connectivity index (χ1) is 12.7. The Bertz CT molecular complexity index is 881. The van der Waals surface area contributed by atoms with E-state index >= 15 is 0 Å². The van der Waals surface area contributed by atoms with Gasteiger partial charge >= 0.3 is 0 Å². The second kappa shape index (κ2) is 8.96. The van der Waals surface area contributed by atoms with Crippen LogP contribution in [-0.2, 0) is 17.8 Å². The van der Waals surface area contributed by atoms with Crippen molar-refractivity contribution in [1.29, 1.82) is 0 Å². The number of nitrogens with one attached hydrogen (secondary N) is 1. The zero-order valence-corrected chi connectivity index (χ0v) is 16.8. The van der Waals surface area contributed by atoms with Crippen LogP contribution in [0.3, 0.4) is 0 Å². The molecule has 134 valence electrons. The SMILES string of the molecule is COc1ccc(Br)cc1CCC(=O)NCc1cncc(-c2cccs2)c1. The normalized spacial score (nSPS) is 10.5. The van der Waals surface area contributed by atoms with Gasteiger partial charge in [-0.1, -0.05) is 22.0 Å². The second-order valence-corrected chi connectivity index (χ2v) is 7.66. The maximum atomic E-state index is 12.2. The zero-order valence-electron chi connectivity index (χ0n) is 14.4. The molecule has 0 spiro atoms. The van der Waals surface area contributed by atoms with Crippen molar-refractivity contribution in [1.82, 2.24) is 10.3 Å². The summed E-state index contributed by atoms with van der Waals surface area (Å²) in [5.74, 6) is 0.808. The van der Waals surface area contributed by atoms with E-state index in [-0.39, 0.29) is 5.91 Å². The lowest BCUT2D eigenvalue weighted by Crippen LogP contribution is -2.23. The number of hydrogen-bond acceptors (Lipinski definition) is 4. The first-order valence-electron chi connectivity index (χ1n) is 8.22. The predicted molar refractivity (Wildman–Crippen MR) is 108 cm³/mol. The van der Waals surface area contributed by atoms with Crippen LogP contribution in [0.2, 0.25) is 0 Å². The molecule has 0 fully saturated rings. The molecule has 4 nitrogen and oxygen atoms in total. The molecule has 2 aromatic heterocycles. The molecule has 6 heteroatoms. The number of amides is 1. The summed E-state index contributed by atoms with van der Waals surface area (Å²) in [6.45, 7) is 0.473. The number of thiophene rings is 1. The third kappa shape index (κ3) is 4.93. The van der Waals surface area contributed by atoms with E-state index in [0.717, 1.165) is 26.9 Å². The van der Waals surface area contributed by atoms with Gasteiger partial charge in [-0.3, -0.25) is 9.78 Å². The van der Waals surface area contributed by atoms with Gasteiger partial charge in [0.1, 0.15) is 5.75 Å². The van der Waals surface area contributed by atoms with Gasteiger partial charge in [0.2, 0.25) is 5.91 Å². The summed E-state index contributed by atoms with van der Waals surface area (Å²) in [5, 5.41) is 5.01. The fourth-order valence-electron chi connectivity index (χ4n) is 2.64. The molecular weight excluding hydrogens is 412 g/mol. The quantitative estimate of drug-likeness (QED) is 0.583. The number of benzene rings is 1. The highest BCUT2D eigenvalue weighted by Gasteiger charge is 2.08. The first-order valence-corrected chi connectivity index (χ1v) is 9.90. The van der Waals surface area contributed by atoms with Crippen molar-refractivity contribution >= 4 is 33.2 Å². The van der Waals surface area contributed by atoms with Crippen molar-refractivity contribution in [3.05, 3.63) is 69.8 Å². The van der Waals surface area contributed by atoms with E-state index < -0.39 is 0 Å². The molecular formula is C20H19BrN2O2S. The van der Waals surface area contributed by atoms with E-state index in [9.17, 15) is 4.79 Å². The summed E-state index contributed by atoms with van der Waals surface area (Å²) in [6, 6.07) is 12.0. The number of aromatic nitrogens is 1. The molecule has 0 saturated heterocycles. The van der Waals surface area contributed by atoms with Crippen LogP contribution in [0, 0.1) is 0 Å². The Balaban J connectivity index is 1.55. The molecule has 0 aliphatic rings. The number of ether oxygens (including phenoxy) is 1. The van der Waals surface area contributed by atoms with Gasteiger partial charge in [0.15, 0.2) is 0 Å². The molecule has 1 aromatic carbocycles. The number of nitrogens with zero attached hydrogens (tertiary/aromatic N) is 1. The first kappa shape index (κ1) is 18.6. The third-order valence-electron chi connectivity index (χ3n) is 3.95. The lowest BCUT2D eigenvalue weighted by atomic mass is 10.1. The summed E-state index contributed by atoms with van der Waals surface area (Å²) >= 11 is 5.13. The van der Waals surface area contributed by atoms with E-state index in [1.807, 2.05) is 35.8 Å². The van der Waals surface area contributed by atoms with Crippen LogP contribution in [0.25, 0.3) is 10.4 Å². The molecule has 0 aliphatic heterocycles. The summed E-state index contributed by atoms with van der Waals surface area (Å²) in [6.07, 6.45) is 4.66. The molecule has 0 bridgehead atoms. The van der Waals surface area contributed by atoms with E-state index in [1.165, 1.54) is 4.88 Å². The van der Waals surface area contributed by atoms with Crippen molar-refractivity contribution in [3.8, 4) is 16.2 Å². The van der Waals surface area contributed by atoms with Crippen LogP contribution < -0.4 is 10.1 Å². The third-order valence-corrected chi connectivity index (χ3v) is 5.37. The maximum absolute atomic E-state index is 12.2. The smallest absolute Gasteiger partial charge is 0.220 e. The Morgan fingerprint density at radius 1 is 1.27 bits per heavy atom. The average molecular weight is 431 g/mol. The van der Waals surface area contributed by atoms with Crippen LogP contribution in [0.4, 0.5) is 0 Å². The van der Waals surface area contributed by atoms with Crippen LogP contribution >= 0.6 is 27.3 Å². The fraction of sp³-hybridized carbons (Fsp3) is 0.200. The molecule has 0 saturated carbocycles. The molecule has 0 atom stereocenters. The fourth-order valence-corrected chi connectivity index (χ4v) is 3.76. The molecule has 3 aromatic rings. The number of pyridine rings is 1. The van der Waals surface area contributed by atoms with Gasteiger partial charge in [0.05, 0.1) is 7.11 Å². The zero-order chi connectivity index (χ0) is 18.4. The van der Waals surface area contributed by atoms with E-state index in [4.69, 9.17) is 4.74 Å². The van der Waals surface area contributed by atoms with Gasteiger partial charge in [0, 0.05) is 40.3 Å². The molecule has 26 heavy (non-hydrogen) atoms. The number of halogens is 1. The average Bonchev–Trinajstić information content (AvgIpc) is 3.20. The molecule has 2 heterocycles. The van der Waals surface area contributed by atoms with Crippen LogP contribution in [0.1, 0.15) is 17.5 Å². The van der Waals surface area contributed by atoms with Crippen LogP contribution in [0.5, 0.6) is 5.75 Å². The Kier molecular flexibility index (Phi) is 6.41. The van der Waals surface area contributed by atoms with Gasteiger partial charge in [-0.25, -0.2) is 0 Å². The number of hydrogen-bond donors (Lipinski definition) is 1. The lowest BCUT2D eigenvalue weighted by Gasteiger charge is -2.10. The van der Waals surface area contributed by atoms with Gasteiger partial charge in [0.25, 0.3) is 0 Å². The van der Waals surface area contributed by atoms with Gasteiger partial charge < -0.3 is 10.1 Å². The maximum Gasteiger partial charge on any atom is 0.220 e. The lowest BCUT2D eigenvalue weighted by molar-refractivity contribution is -0.121. The van der Waals surface area contributed by atoms with Gasteiger partial charge in [-0.2, -0.15) is 0 Å². The summed E-state index contributed by atoms with van der Waals surface area (Å²) < 4.78 is 6.33. The van der Waals surface area contributed by atoms with Crippen LogP contribution in [-0.4, -0.2) is 18.0 Å². The minimum atomic E-state index is 0.00792. The highest BCUT2D eigenvalue weighted by molar-refractivity contribution is 9.10. The number of methoxy groups -OCH3 is 1. The van der Waals surface area contributed by atoms with Crippen molar-refractivity contribution in [2.75, 3.05) is 7.11 Å². The molecule has 1 N–H and O–H groups in total. The predicted octanol–water partition coefficient (Wildman–Crippen LogP) is 4.83. The van der Waals surface area contributed by atoms with E-state index in [2.05, 4.69) is 38.4 Å². The molecule has 0 radical (unpaired) electrons. The van der Waals surface area contributed by atoms with Gasteiger partial charge in [-0.05, 0) is 53.3 Å². The monoisotopic (exact) mass is 430 g/mol. The molecule has 0 unspecified atom stereocenters. The Labute approximate surface area is 165 Å². The molecule has 0 aliphatic carbocycles. The second-order valence-electron chi connectivity index (χ2n) is 5.79. The summed E-state index contributed by atoms with van der Waals surface area (Å²) in [5.41, 5.74) is 3.08. The summed E-state index contributed by atoms with van der Waals surface area (Å²) in [4.78, 5) is 17.7. The van der Waals surface area contributed by atoms with Crippen LogP contribution in [0.15, 0.2) is 58.6 Å². The number of carbonyl (C=O) groups excluding carboxylic acids is 1. The minimum absolute atomic E-state index is 0.00792. The standard InChI is InChI=1S/C20H19BrN2O2S/c1-25-18-6-5-17(21)10-15(18)4-7-20(24)23-12-14-9-16(13-22-11-14)19-3-2-8-26-19/h2-3,5-6,8-11,13H,4,7,12H2,1H3,(H,23,24).